The van der Waals surface area contributed by atoms with Gasteiger partial charge in [-0.15, -0.1) is 16.4 Å². The number of pyridine rings is 1. The number of hydrogen-bond acceptors (Lipinski definition) is 7. The van der Waals surface area contributed by atoms with Gasteiger partial charge in [-0.2, -0.15) is 9.67 Å². The minimum absolute atomic E-state index is 0.189. The molecule has 1 aromatic carbocycles. The Morgan fingerprint density at radius 1 is 1.17 bits per heavy atom. The second-order valence-electron chi connectivity index (χ2n) is 5.98. The number of benzene rings is 1. The fourth-order valence-corrected chi connectivity index (χ4v) is 3.30. The van der Waals surface area contributed by atoms with E-state index in [1.54, 1.807) is 54.1 Å². The predicted octanol–water partition coefficient (Wildman–Crippen LogP) is 4.39. The molecule has 4 rings (SSSR count). The van der Waals surface area contributed by atoms with Gasteiger partial charge < -0.3 is 10.1 Å². The summed E-state index contributed by atoms with van der Waals surface area (Å²) in [4.78, 5) is 22.5. The Bertz CT molecular complexity index is 1080. The van der Waals surface area contributed by atoms with Crippen LogP contribution in [0, 0.1) is 0 Å². The van der Waals surface area contributed by atoms with E-state index < -0.39 is 0 Å². The number of rotatable bonds is 7. The molecular weight excluding hydrogens is 410 g/mol. The van der Waals surface area contributed by atoms with Gasteiger partial charge in [0.1, 0.15) is 5.75 Å². The van der Waals surface area contributed by atoms with E-state index in [0.717, 1.165) is 10.4 Å². The van der Waals surface area contributed by atoms with Crippen molar-refractivity contribution in [3.8, 4) is 17.1 Å². The molecule has 0 unspecified atom stereocenters. The van der Waals surface area contributed by atoms with Gasteiger partial charge in [0.25, 0.3) is 5.91 Å². The quantitative estimate of drug-likeness (QED) is 0.473. The summed E-state index contributed by atoms with van der Waals surface area (Å²) in [6.07, 6.45) is 3.32. The van der Waals surface area contributed by atoms with Crippen LogP contribution < -0.4 is 10.1 Å². The van der Waals surface area contributed by atoms with Crippen LogP contribution in [0.5, 0.6) is 5.75 Å². The first-order valence-electron chi connectivity index (χ1n) is 8.74. The molecule has 3 heterocycles. The number of nitrogens with one attached hydrogen (secondary N) is 1. The lowest BCUT2D eigenvalue weighted by Crippen LogP contribution is -2.22. The molecule has 0 saturated carbocycles. The topological polar surface area (TPSA) is 81.9 Å². The summed E-state index contributed by atoms with van der Waals surface area (Å²) in [6, 6.07) is 14.4. The van der Waals surface area contributed by atoms with Crippen molar-refractivity contribution in [2.75, 3.05) is 11.9 Å². The number of nitrogens with zero attached hydrogens (tertiary/aromatic N) is 4. The maximum absolute atomic E-state index is 12.8. The standard InChI is InChI=1S/C20H16ClN5O2S/c21-15-5-7-16(8-6-15)28-13-18(27)26-20(23-12-17-4-2-10-29-17)24-19(25-26)14-3-1-9-22-11-14/h1-11H,12-13H2,(H,23,24,25). The number of aromatic nitrogens is 4. The molecule has 0 radical (unpaired) electrons. The van der Waals surface area contributed by atoms with E-state index in [-0.39, 0.29) is 12.5 Å². The Labute approximate surface area is 176 Å². The summed E-state index contributed by atoms with van der Waals surface area (Å²) in [6.45, 7) is 0.347. The van der Waals surface area contributed by atoms with Gasteiger partial charge in [0.15, 0.2) is 12.4 Å². The summed E-state index contributed by atoms with van der Waals surface area (Å²) in [5.41, 5.74) is 0.719. The minimum Gasteiger partial charge on any atom is -0.484 e. The van der Waals surface area contributed by atoms with Gasteiger partial charge >= 0.3 is 0 Å². The Morgan fingerprint density at radius 3 is 2.76 bits per heavy atom. The number of thiophene rings is 1. The number of carbonyl (C=O) groups excluding carboxylic acids is 1. The maximum Gasteiger partial charge on any atom is 0.287 e. The van der Waals surface area contributed by atoms with Crippen molar-refractivity contribution < 1.29 is 9.53 Å². The summed E-state index contributed by atoms with van der Waals surface area (Å²) in [5.74, 6) is 0.952. The first-order valence-corrected chi connectivity index (χ1v) is 10.00. The fraction of sp³-hybridized carbons (Fsp3) is 0.100. The van der Waals surface area contributed by atoms with Crippen LogP contribution in [0.4, 0.5) is 5.95 Å². The zero-order chi connectivity index (χ0) is 20.1. The van der Waals surface area contributed by atoms with Crippen molar-refractivity contribution in [2.24, 2.45) is 0 Å². The van der Waals surface area contributed by atoms with Gasteiger partial charge in [-0.1, -0.05) is 17.7 Å². The lowest BCUT2D eigenvalue weighted by molar-refractivity contribution is 0.0824. The molecule has 3 aromatic heterocycles. The Morgan fingerprint density at radius 2 is 2.03 bits per heavy atom. The summed E-state index contributed by atoms with van der Waals surface area (Å²) in [7, 11) is 0. The van der Waals surface area contributed by atoms with Crippen molar-refractivity contribution in [3.63, 3.8) is 0 Å². The van der Waals surface area contributed by atoms with E-state index in [2.05, 4.69) is 20.4 Å². The molecule has 29 heavy (non-hydrogen) atoms. The van der Waals surface area contributed by atoms with Crippen molar-refractivity contribution >= 4 is 34.8 Å². The Hall–Kier alpha value is -3.23. The highest BCUT2D eigenvalue weighted by atomic mass is 35.5. The summed E-state index contributed by atoms with van der Waals surface area (Å²) >= 11 is 7.49. The molecule has 0 aliphatic heterocycles. The van der Waals surface area contributed by atoms with Gasteiger partial charge in [0.2, 0.25) is 5.95 Å². The number of ether oxygens (including phenoxy) is 1. The van der Waals surface area contributed by atoms with E-state index in [4.69, 9.17) is 16.3 Å². The molecule has 0 fully saturated rings. The fourth-order valence-electron chi connectivity index (χ4n) is 2.53. The van der Waals surface area contributed by atoms with Crippen molar-refractivity contribution in [1.29, 1.82) is 0 Å². The van der Waals surface area contributed by atoms with E-state index >= 15 is 0 Å². The van der Waals surface area contributed by atoms with Crippen LogP contribution in [0.15, 0.2) is 66.3 Å². The maximum atomic E-state index is 12.8. The zero-order valence-electron chi connectivity index (χ0n) is 15.2. The Kier molecular flexibility index (Phi) is 5.83. The van der Waals surface area contributed by atoms with E-state index in [0.29, 0.717) is 29.1 Å². The third-order valence-electron chi connectivity index (χ3n) is 3.94. The van der Waals surface area contributed by atoms with Crippen LogP contribution in [-0.2, 0) is 6.54 Å². The van der Waals surface area contributed by atoms with Crippen LogP contribution >= 0.6 is 22.9 Å². The first kappa shape index (κ1) is 19.1. The van der Waals surface area contributed by atoms with Crippen molar-refractivity contribution in [1.82, 2.24) is 19.7 Å². The lowest BCUT2D eigenvalue weighted by Gasteiger charge is -2.08. The van der Waals surface area contributed by atoms with Crippen LogP contribution in [-0.4, -0.2) is 32.3 Å². The number of anilines is 1. The predicted molar refractivity (Wildman–Crippen MR) is 112 cm³/mol. The third-order valence-corrected chi connectivity index (χ3v) is 5.07. The smallest absolute Gasteiger partial charge is 0.287 e. The van der Waals surface area contributed by atoms with Gasteiger partial charge in [0.05, 0.1) is 6.54 Å². The normalized spacial score (nSPS) is 10.7. The van der Waals surface area contributed by atoms with Gasteiger partial charge in [-0.05, 0) is 47.8 Å². The largest absolute Gasteiger partial charge is 0.484 e. The van der Waals surface area contributed by atoms with Crippen LogP contribution in [0.1, 0.15) is 9.67 Å². The lowest BCUT2D eigenvalue weighted by atomic mass is 10.3. The van der Waals surface area contributed by atoms with Crippen LogP contribution in [0.25, 0.3) is 11.4 Å². The van der Waals surface area contributed by atoms with Crippen molar-refractivity contribution in [3.05, 3.63) is 76.2 Å². The molecule has 0 saturated heterocycles. The Balaban J connectivity index is 1.54. The average molecular weight is 426 g/mol. The first-order chi connectivity index (χ1) is 14.2. The van der Waals surface area contributed by atoms with Crippen molar-refractivity contribution in [2.45, 2.75) is 6.54 Å². The zero-order valence-corrected chi connectivity index (χ0v) is 16.7. The molecule has 0 spiro atoms. The molecule has 4 aromatic rings. The van der Waals surface area contributed by atoms with Crippen LogP contribution in [0.3, 0.4) is 0 Å². The van der Waals surface area contributed by atoms with E-state index in [9.17, 15) is 4.79 Å². The average Bonchev–Trinajstić information content (AvgIpc) is 3.42. The molecule has 0 aliphatic carbocycles. The molecule has 0 amide bonds. The molecule has 0 atom stereocenters. The third kappa shape index (κ3) is 4.79. The number of carbonyl (C=O) groups is 1. The molecule has 1 N–H and O–H groups in total. The van der Waals surface area contributed by atoms with Crippen LogP contribution in [0.2, 0.25) is 5.02 Å². The number of halogens is 1. The molecule has 0 aliphatic rings. The molecule has 7 nitrogen and oxygen atoms in total. The SMILES string of the molecule is O=C(COc1ccc(Cl)cc1)n1nc(-c2cccnc2)nc1NCc1cccs1. The van der Waals surface area contributed by atoms with E-state index in [1.165, 1.54) is 4.68 Å². The second kappa shape index (κ2) is 8.85. The molecule has 0 bridgehead atoms. The number of hydrogen-bond donors (Lipinski definition) is 1. The van der Waals surface area contributed by atoms with Gasteiger partial charge in [-0.25, -0.2) is 0 Å². The monoisotopic (exact) mass is 425 g/mol. The molecule has 9 heteroatoms. The summed E-state index contributed by atoms with van der Waals surface area (Å²) in [5, 5.41) is 10.1. The van der Waals surface area contributed by atoms with Gasteiger partial charge in [0, 0.05) is 27.9 Å². The molecule has 146 valence electrons. The van der Waals surface area contributed by atoms with Gasteiger partial charge in [-0.3, -0.25) is 9.78 Å². The minimum atomic E-state index is -0.351. The molecular formula is C20H16ClN5O2S. The summed E-state index contributed by atoms with van der Waals surface area (Å²) < 4.78 is 6.79. The second-order valence-corrected chi connectivity index (χ2v) is 7.45. The van der Waals surface area contributed by atoms with E-state index in [1.807, 2.05) is 23.6 Å². The highest BCUT2D eigenvalue weighted by Gasteiger charge is 2.18. The highest BCUT2D eigenvalue weighted by Crippen LogP contribution is 2.19. The highest BCUT2D eigenvalue weighted by molar-refractivity contribution is 7.09.